The lowest BCUT2D eigenvalue weighted by Crippen LogP contribution is -2.17. The minimum Gasteiger partial charge on any atom is -0.507 e. The third-order valence-corrected chi connectivity index (χ3v) is 3.20. The fraction of sp³-hybridized carbons (Fsp3) is 0.118. The lowest BCUT2D eigenvalue weighted by Gasteiger charge is -2.07. The highest BCUT2D eigenvalue weighted by atomic mass is 16.5. The first-order chi connectivity index (χ1) is 10.9. The summed E-state index contributed by atoms with van der Waals surface area (Å²) < 4.78 is 4.86. The van der Waals surface area contributed by atoms with Gasteiger partial charge in [-0.3, -0.25) is 4.79 Å². The van der Waals surface area contributed by atoms with Gasteiger partial charge in [-0.25, -0.2) is 4.79 Å². The van der Waals surface area contributed by atoms with E-state index in [2.05, 4.69) is 0 Å². The summed E-state index contributed by atoms with van der Waals surface area (Å²) in [5.41, 5.74) is 5.16. The molecule has 23 heavy (non-hydrogen) atoms. The highest BCUT2D eigenvalue weighted by Crippen LogP contribution is 2.25. The van der Waals surface area contributed by atoms with Gasteiger partial charge in [0.2, 0.25) is 5.78 Å². The summed E-state index contributed by atoms with van der Waals surface area (Å²) in [6.07, 6.45) is 0. The molecule has 2 aromatic rings. The van der Waals surface area contributed by atoms with Crippen LogP contribution in [0.4, 0.5) is 0 Å². The number of phenols is 1. The van der Waals surface area contributed by atoms with Crippen molar-refractivity contribution in [3.05, 3.63) is 53.2 Å². The summed E-state index contributed by atoms with van der Waals surface area (Å²) in [4.78, 5) is 23.8. The van der Waals surface area contributed by atoms with Gasteiger partial charge in [-0.2, -0.15) is 5.26 Å². The summed E-state index contributed by atoms with van der Waals surface area (Å²) in [7, 11) is 0. The molecule has 0 aromatic heterocycles. The van der Waals surface area contributed by atoms with Crippen molar-refractivity contribution in [3.63, 3.8) is 0 Å². The summed E-state index contributed by atoms with van der Waals surface area (Å²) in [5, 5.41) is 20.3. The molecule has 116 valence electrons. The van der Waals surface area contributed by atoms with E-state index in [-0.39, 0.29) is 22.6 Å². The van der Waals surface area contributed by atoms with Crippen molar-refractivity contribution >= 4 is 22.5 Å². The van der Waals surface area contributed by atoms with Crippen LogP contribution < -0.4 is 5.73 Å². The van der Waals surface area contributed by atoms with Crippen LogP contribution in [-0.4, -0.2) is 23.5 Å². The zero-order chi connectivity index (χ0) is 17.0. The molecule has 0 spiro atoms. The van der Waals surface area contributed by atoms with E-state index < -0.39 is 18.4 Å². The molecule has 0 saturated carbocycles. The first-order valence-corrected chi connectivity index (χ1v) is 6.72. The second-order valence-electron chi connectivity index (χ2n) is 4.89. The molecule has 0 heterocycles. The van der Waals surface area contributed by atoms with Gasteiger partial charge < -0.3 is 15.6 Å². The Labute approximate surface area is 132 Å². The number of ketones is 1. The Hall–Kier alpha value is -3.33. The van der Waals surface area contributed by atoms with Crippen LogP contribution in [0.1, 0.15) is 17.3 Å². The second kappa shape index (κ2) is 6.62. The SMILES string of the molecule is CC(N)=C(C#N)C(=O)COC(=O)c1cc2ccccc2cc1O. The number of Topliss-reactive ketones (excluding diaryl/α,β-unsaturated/α-hetero) is 1. The maximum atomic E-state index is 12.0. The first-order valence-electron chi connectivity index (χ1n) is 6.72. The van der Waals surface area contributed by atoms with Gasteiger partial charge >= 0.3 is 5.97 Å². The molecule has 6 nitrogen and oxygen atoms in total. The minimum absolute atomic E-state index is 0.0524. The van der Waals surface area contributed by atoms with E-state index in [4.69, 9.17) is 15.7 Å². The number of nitriles is 1. The Morgan fingerprint density at radius 2 is 1.87 bits per heavy atom. The van der Waals surface area contributed by atoms with E-state index in [1.54, 1.807) is 24.3 Å². The summed E-state index contributed by atoms with van der Waals surface area (Å²) in [6, 6.07) is 11.8. The smallest absolute Gasteiger partial charge is 0.342 e. The molecule has 0 radical (unpaired) electrons. The number of aromatic hydroxyl groups is 1. The number of nitrogens with zero attached hydrogens (tertiary/aromatic N) is 1. The lowest BCUT2D eigenvalue weighted by atomic mass is 10.1. The van der Waals surface area contributed by atoms with Gasteiger partial charge in [-0.05, 0) is 29.8 Å². The normalized spacial score (nSPS) is 11.5. The quantitative estimate of drug-likeness (QED) is 0.507. The number of esters is 1. The number of rotatable bonds is 4. The molecule has 6 heteroatoms. The number of allylic oxidation sites excluding steroid dienone is 1. The molecule has 0 atom stereocenters. The Morgan fingerprint density at radius 3 is 2.43 bits per heavy atom. The van der Waals surface area contributed by atoms with Gasteiger partial charge in [0.15, 0.2) is 6.61 Å². The topological polar surface area (TPSA) is 113 Å². The second-order valence-corrected chi connectivity index (χ2v) is 4.89. The van der Waals surface area contributed by atoms with Crippen molar-refractivity contribution in [2.24, 2.45) is 5.73 Å². The predicted octanol–water partition coefficient (Wildman–Crippen LogP) is 2.03. The monoisotopic (exact) mass is 310 g/mol. The van der Waals surface area contributed by atoms with Crippen molar-refractivity contribution in [3.8, 4) is 11.8 Å². The molecule has 2 aromatic carbocycles. The van der Waals surface area contributed by atoms with Gasteiger partial charge in [-0.15, -0.1) is 0 Å². The highest BCUT2D eigenvalue weighted by molar-refractivity contribution is 6.03. The number of fused-ring (bicyclic) bond motifs is 1. The van der Waals surface area contributed by atoms with Crippen molar-refractivity contribution in [2.75, 3.05) is 6.61 Å². The minimum atomic E-state index is -0.853. The Kier molecular flexibility index (Phi) is 4.62. The number of hydrogen-bond donors (Lipinski definition) is 2. The molecule has 0 aliphatic rings. The van der Waals surface area contributed by atoms with Gasteiger partial charge in [-0.1, -0.05) is 24.3 Å². The Morgan fingerprint density at radius 1 is 1.26 bits per heavy atom. The number of carbonyl (C=O) groups is 2. The number of carbonyl (C=O) groups excluding carboxylic acids is 2. The predicted molar refractivity (Wildman–Crippen MR) is 83.4 cm³/mol. The van der Waals surface area contributed by atoms with Crippen molar-refractivity contribution in [2.45, 2.75) is 6.92 Å². The van der Waals surface area contributed by atoms with Crippen LogP contribution in [0.15, 0.2) is 47.7 Å². The third kappa shape index (κ3) is 3.47. The summed E-state index contributed by atoms with van der Waals surface area (Å²) in [6.45, 7) is 0.788. The zero-order valence-electron chi connectivity index (χ0n) is 12.4. The van der Waals surface area contributed by atoms with E-state index >= 15 is 0 Å². The highest BCUT2D eigenvalue weighted by Gasteiger charge is 2.18. The van der Waals surface area contributed by atoms with Gasteiger partial charge in [0.05, 0.1) is 0 Å². The molecular weight excluding hydrogens is 296 g/mol. The summed E-state index contributed by atoms with van der Waals surface area (Å²) >= 11 is 0. The molecular formula is C17H14N2O4. The van der Waals surface area contributed by atoms with E-state index in [0.29, 0.717) is 0 Å². The summed E-state index contributed by atoms with van der Waals surface area (Å²) in [5.74, 6) is -1.79. The maximum Gasteiger partial charge on any atom is 0.342 e. The van der Waals surface area contributed by atoms with Crippen LogP contribution in [0.2, 0.25) is 0 Å². The Balaban J connectivity index is 2.19. The van der Waals surface area contributed by atoms with E-state index in [1.807, 2.05) is 6.07 Å². The number of phenolic OH excluding ortho intramolecular Hbond substituents is 1. The molecule has 0 amide bonds. The maximum absolute atomic E-state index is 12.0. The van der Waals surface area contributed by atoms with Gasteiger partial charge in [0.25, 0.3) is 0 Å². The number of benzene rings is 2. The number of nitrogens with two attached hydrogens (primary N) is 1. The van der Waals surface area contributed by atoms with Crippen molar-refractivity contribution in [1.29, 1.82) is 5.26 Å². The number of hydrogen-bond acceptors (Lipinski definition) is 6. The molecule has 0 aliphatic carbocycles. The van der Waals surface area contributed by atoms with Crippen LogP contribution in [-0.2, 0) is 9.53 Å². The van der Waals surface area contributed by atoms with Crippen LogP contribution in [0.5, 0.6) is 5.75 Å². The Bertz CT molecular complexity index is 859. The molecule has 0 bridgehead atoms. The fourth-order valence-corrected chi connectivity index (χ4v) is 2.04. The average Bonchev–Trinajstić information content (AvgIpc) is 2.52. The zero-order valence-corrected chi connectivity index (χ0v) is 12.4. The van der Waals surface area contributed by atoms with Crippen LogP contribution >= 0.6 is 0 Å². The first kappa shape index (κ1) is 16.0. The van der Waals surface area contributed by atoms with E-state index in [1.165, 1.54) is 19.1 Å². The molecule has 0 fully saturated rings. The van der Waals surface area contributed by atoms with Gasteiger partial charge in [0, 0.05) is 5.70 Å². The molecule has 0 aliphatic heterocycles. The molecule has 0 unspecified atom stereocenters. The van der Waals surface area contributed by atoms with Crippen LogP contribution in [0.3, 0.4) is 0 Å². The molecule has 0 saturated heterocycles. The van der Waals surface area contributed by atoms with E-state index in [9.17, 15) is 14.7 Å². The van der Waals surface area contributed by atoms with Gasteiger partial charge in [0.1, 0.15) is 23.0 Å². The van der Waals surface area contributed by atoms with Crippen LogP contribution in [0, 0.1) is 11.3 Å². The molecule has 2 rings (SSSR count). The average molecular weight is 310 g/mol. The van der Waals surface area contributed by atoms with E-state index in [0.717, 1.165) is 10.8 Å². The fourth-order valence-electron chi connectivity index (χ4n) is 2.04. The van der Waals surface area contributed by atoms with Crippen molar-refractivity contribution < 1.29 is 19.4 Å². The number of ether oxygens (including phenoxy) is 1. The third-order valence-electron chi connectivity index (χ3n) is 3.20. The van der Waals surface area contributed by atoms with Crippen molar-refractivity contribution in [1.82, 2.24) is 0 Å². The largest absolute Gasteiger partial charge is 0.507 e. The lowest BCUT2D eigenvalue weighted by molar-refractivity contribution is -0.118. The molecule has 3 N–H and O–H groups in total. The van der Waals surface area contributed by atoms with Crippen LogP contribution in [0.25, 0.3) is 10.8 Å². The standard InChI is InChI=1S/C17H14N2O4/c1-10(19)14(8-18)16(21)9-23-17(22)13-6-11-4-2-3-5-12(11)7-15(13)20/h2-7,20H,9,19H2,1H3.